The summed E-state index contributed by atoms with van der Waals surface area (Å²) in [5, 5.41) is 6.28. The summed E-state index contributed by atoms with van der Waals surface area (Å²) in [5.41, 5.74) is 0.766. The third kappa shape index (κ3) is 2.82. The maximum absolute atomic E-state index is 11.7. The molecule has 0 radical (unpaired) electrons. The van der Waals surface area contributed by atoms with Gasteiger partial charge in [-0.1, -0.05) is 27.7 Å². The molecule has 1 fully saturated rings. The number of carbonyl (C=O) groups is 1. The van der Waals surface area contributed by atoms with Gasteiger partial charge in [0.15, 0.2) is 0 Å². The van der Waals surface area contributed by atoms with Gasteiger partial charge in [-0.3, -0.25) is 4.79 Å². The Morgan fingerprint density at radius 3 is 1.94 bits per heavy atom. The largest absolute Gasteiger partial charge is 0.353 e. The zero-order valence-corrected chi connectivity index (χ0v) is 12.3. The Morgan fingerprint density at radius 2 is 1.59 bits per heavy atom. The van der Waals surface area contributed by atoms with E-state index in [1.165, 1.54) is 0 Å². The lowest BCUT2D eigenvalue weighted by molar-refractivity contribution is -0.123. The van der Waals surface area contributed by atoms with Crippen molar-refractivity contribution >= 4 is 5.91 Å². The molecule has 3 nitrogen and oxygen atoms in total. The van der Waals surface area contributed by atoms with Gasteiger partial charge in [-0.2, -0.15) is 0 Å². The molecule has 1 saturated carbocycles. The molecule has 1 amide bonds. The molecule has 0 aromatic heterocycles. The molecule has 100 valence electrons. The Hall–Kier alpha value is -0.570. The van der Waals surface area contributed by atoms with Crippen LogP contribution in [0.4, 0.5) is 0 Å². The van der Waals surface area contributed by atoms with Gasteiger partial charge >= 0.3 is 0 Å². The fraction of sp³-hybridized carbons (Fsp3) is 0.929. The Bertz CT molecular complexity index is 281. The molecule has 0 aromatic carbocycles. The van der Waals surface area contributed by atoms with Crippen LogP contribution in [-0.4, -0.2) is 24.5 Å². The first kappa shape index (κ1) is 14.5. The first-order valence-electron chi connectivity index (χ1n) is 6.64. The van der Waals surface area contributed by atoms with E-state index in [9.17, 15) is 4.79 Å². The van der Waals surface area contributed by atoms with Gasteiger partial charge in [0.1, 0.15) is 0 Å². The monoisotopic (exact) mass is 240 g/mol. The minimum Gasteiger partial charge on any atom is -0.353 e. The number of nitrogens with one attached hydrogen (secondary N) is 2. The lowest BCUT2D eigenvalue weighted by atomic mass is 10.0. The molecule has 1 atom stereocenters. The van der Waals surface area contributed by atoms with E-state index in [0.29, 0.717) is 16.7 Å². The second-order valence-corrected chi connectivity index (χ2v) is 6.79. The van der Waals surface area contributed by atoms with Crippen molar-refractivity contribution in [3.05, 3.63) is 0 Å². The molecule has 1 aliphatic rings. The molecule has 0 aromatic rings. The lowest BCUT2D eigenvalue weighted by Crippen LogP contribution is -2.45. The standard InChI is InChI=1S/C14H28N2O/c1-9(2)16-12(17)10(3)15-8-11-13(4,5)14(11,6)7/h9-11,15H,8H2,1-7H3,(H,16,17). The Kier molecular flexibility index (Phi) is 3.92. The average Bonchev–Trinajstić information content (AvgIpc) is 2.53. The van der Waals surface area contributed by atoms with Crippen LogP contribution in [0.15, 0.2) is 0 Å². The van der Waals surface area contributed by atoms with Gasteiger partial charge in [-0.15, -0.1) is 0 Å². The zero-order valence-electron chi connectivity index (χ0n) is 12.3. The summed E-state index contributed by atoms with van der Waals surface area (Å²) in [5.74, 6) is 0.751. The maximum Gasteiger partial charge on any atom is 0.237 e. The molecule has 3 heteroatoms. The molecular weight excluding hydrogens is 212 g/mol. The van der Waals surface area contributed by atoms with Crippen molar-refractivity contribution in [3.8, 4) is 0 Å². The molecule has 0 saturated heterocycles. The third-order valence-electron chi connectivity index (χ3n) is 4.77. The van der Waals surface area contributed by atoms with E-state index in [4.69, 9.17) is 0 Å². The SMILES string of the molecule is CC(C)NC(=O)C(C)NCC1C(C)(C)C1(C)C. The molecule has 17 heavy (non-hydrogen) atoms. The second-order valence-electron chi connectivity index (χ2n) is 6.79. The van der Waals surface area contributed by atoms with E-state index in [0.717, 1.165) is 6.54 Å². The normalized spacial score (nSPS) is 23.5. The zero-order chi connectivity index (χ0) is 13.4. The summed E-state index contributed by atoms with van der Waals surface area (Å²) in [7, 11) is 0. The first-order valence-corrected chi connectivity index (χ1v) is 6.64. The highest BCUT2D eigenvalue weighted by Crippen LogP contribution is 2.67. The fourth-order valence-electron chi connectivity index (χ4n) is 2.64. The van der Waals surface area contributed by atoms with Crippen LogP contribution in [0.25, 0.3) is 0 Å². The number of rotatable bonds is 5. The van der Waals surface area contributed by atoms with Gasteiger partial charge in [0.05, 0.1) is 6.04 Å². The van der Waals surface area contributed by atoms with Gasteiger partial charge in [0.25, 0.3) is 0 Å². The van der Waals surface area contributed by atoms with Gasteiger partial charge in [-0.05, 0) is 44.1 Å². The van der Waals surface area contributed by atoms with Crippen molar-refractivity contribution in [3.63, 3.8) is 0 Å². The lowest BCUT2D eigenvalue weighted by Gasteiger charge is -2.16. The number of hydrogen-bond donors (Lipinski definition) is 2. The Balaban J connectivity index is 2.36. The van der Waals surface area contributed by atoms with E-state index in [-0.39, 0.29) is 18.0 Å². The van der Waals surface area contributed by atoms with Crippen LogP contribution in [0.1, 0.15) is 48.5 Å². The molecule has 2 N–H and O–H groups in total. The van der Waals surface area contributed by atoms with Gasteiger partial charge in [-0.25, -0.2) is 0 Å². The summed E-state index contributed by atoms with van der Waals surface area (Å²) in [6.07, 6.45) is 0. The topological polar surface area (TPSA) is 41.1 Å². The van der Waals surface area contributed by atoms with Crippen molar-refractivity contribution < 1.29 is 4.79 Å². The molecule has 0 bridgehead atoms. The van der Waals surface area contributed by atoms with E-state index in [1.807, 2.05) is 20.8 Å². The van der Waals surface area contributed by atoms with Crippen molar-refractivity contribution in [2.45, 2.75) is 60.5 Å². The van der Waals surface area contributed by atoms with Gasteiger partial charge in [0, 0.05) is 6.04 Å². The van der Waals surface area contributed by atoms with Gasteiger partial charge < -0.3 is 10.6 Å². The van der Waals surface area contributed by atoms with Crippen LogP contribution in [-0.2, 0) is 4.79 Å². The van der Waals surface area contributed by atoms with Gasteiger partial charge in [0.2, 0.25) is 5.91 Å². The van der Waals surface area contributed by atoms with Crippen molar-refractivity contribution in [1.82, 2.24) is 10.6 Å². The Labute approximate surface area is 106 Å². The third-order valence-corrected chi connectivity index (χ3v) is 4.77. The number of hydrogen-bond acceptors (Lipinski definition) is 2. The van der Waals surface area contributed by atoms with Crippen molar-refractivity contribution in [2.75, 3.05) is 6.54 Å². The summed E-state index contributed by atoms with van der Waals surface area (Å²) < 4.78 is 0. The quantitative estimate of drug-likeness (QED) is 0.773. The molecule has 0 spiro atoms. The highest BCUT2D eigenvalue weighted by atomic mass is 16.2. The van der Waals surface area contributed by atoms with E-state index < -0.39 is 0 Å². The number of carbonyl (C=O) groups excluding carboxylic acids is 1. The minimum absolute atomic E-state index is 0.0938. The molecule has 1 aliphatic carbocycles. The van der Waals surface area contributed by atoms with E-state index in [2.05, 4.69) is 38.3 Å². The average molecular weight is 240 g/mol. The molecule has 1 unspecified atom stereocenters. The first-order chi connectivity index (χ1) is 7.60. The summed E-state index contributed by atoms with van der Waals surface area (Å²) in [6.45, 7) is 16.0. The second kappa shape index (κ2) is 4.60. The van der Waals surface area contributed by atoms with E-state index >= 15 is 0 Å². The molecule has 0 aliphatic heterocycles. The predicted octanol–water partition coefficient (Wildman–Crippen LogP) is 2.17. The minimum atomic E-state index is -0.107. The number of amides is 1. The molecular formula is C14H28N2O. The van der Waals surface area contributed by atoms with Crippen LogP contribution < -0.4 is 10.6 Å². The smallest absolute Gasteiger partial charge is 0.237 e. The fourth-order valence-corrected chi connectivity index (χ4v) is 2.64. The predicted molar refractivity (Wildman–Crippen MR) is 71.8 cm³/mol. The van der Waals surface area contributed by atoms with Crippen LogP contribution in [0.5, 0.6) is 0 Å². The van der Waals surface area contributed by atoms with Crippen molar-refractivity contribution in [1.29, 1.82) is 0 Å². The Morgan fingerprint density at radius 1 is 1.12 bits per heavy atom. The molecule has 1 rings (SSSR count). The summed E-state index contributed by atoms with van der Waals surface area (Å²) in [4.78, 5) is 11.7. The maximum atomic E-state index is 11.7. The summed E-state index contributed by atoms with van der Waals surface area (Å²) in [6, 6.07) is 0.102. The highest BCUT2D eigenvalue weighted by molar-refractivity contribution is 5.81. The van der Waals surface area contributed by atoms with Crippen LogP contribution >= 0.6 is 0 Å². The van der Waals surface area contributed by atoms with Crippen LogP contribution in [0.2, 0.25) is 0 Å². The highest BCUT2D eigenvalue weighted by Gasteiger charge is 2.63. The summed E-state index contributed by atoms with van der Waals surface area (Å²) >= 11 is 0. The van der Waals surface area contributed by atoms with Crippen LogP contribution in [0, 0.1) is 16.7 Å². The van der Waals surface area contributed by atoms with Crippen LogP contribution in [0.3, 0.4) is 0 Å². The van der Waals surface area contributed by atoms with E-state index in [1.54, 1.807) is 0 Å². The molecule has 0 heterocycles. The van der Waals surface area contributed by atoms with Crippen molar-refractivity contribution in [2.24, 2.45) is 16.7 Å².